The Morgan fingerprint density at radius 1 is 0.657 bits per heavy atom. The summed E-state index contributed by atoms with van der Waals surface area (Å²) in [6.45, 7) is 6.12. The third kappa shape index (κ3) is 2.97. The topological polar surface area (TPSA) is 0 Å². The molecule has 0 saturated carbocycles. The Labute approximate surface area is 212 Å². The number of rotatable bonds is 3. The quantitative estimate of drug-likeness (QED) is 0.220. The predicted octanol–water partition coefficient (Wildman–Crippen LogP) is 10.9. The molecule has 0 N–H and O–H groups in total. The lowest BCUT2D eigenvalue weighted by Gasteiger charge is -2.07. The van der Waals surface area contributed by atoms with E-state index in [0.29, 0.717) is 0 Å². The van der Waals surface area contributed by atoms with Crippen LogP contribution in [0.15, 0.2) is 97.6 Å². The van der Waals surface area contributed by atoms with Gasteiger partial charge in [0, 0.05) is 40.5 Å². The lowest BCUT2D eigenvalue weighted by atomic mass is 9.95. The van der Waals surface area contributed by atoms with E-state index in [-0.39, 0.29) is 0 Å². The van der Waals surface area contributed by atoms with Crippen LogP contribution < -0.4 is 0 Å². The molecule has 0 bridgehead atoms. The molecule has 166 valence electrons. The minimum atomic E-state index is 1.23. The Hall–Kier alpha value is -3.72. The molecule has 0 nitrogen and oxygen atoms in total. The summed E-state index contributed by atoms with van der Waals surface area (Å²) in [5.74, 6) is 0. The van der Waals surface area contributed by atoms with Crippen molar-refractivity contribution in [1.82, 2.24) is 0 Å². The third-order valence-electron chi connectivity index (χ3n) is 6.96. The summed E-state index contributed by atoms with van der Waals surface area (Å²) < 4.78 is 4.04. The van der Waals surface area contributed by atoms with Gasteiger partial charge >= 0.3 is 0 Å². The van der Waals surface area contributed by atoms with E-state index >= 15 is 0 Å². The van der Waals surface area contributed by atoms with Crippen LogP contribution in [0.25, 0.3) is 75.1 Å². The Bertz CT molecular complexity index is 1980. The maximum Gasteiger partial charge on any atom is 0.0440 e. The first-order valence-corrected chi connectivity index (χ1v) is 13.5. The van der Waals surface area contributed by atoms with Crippen LogP contribution in [0.3, 0.4) is 0 Å². The molecule has 5 aromatic carbocycles. The monoisotopic (exact) mass is 482 g/mol. The van der Waals surface area contributed by atoms with Crippen LogP contribution in [0.5, 0.6) is 0 Å². The molecule has 35 heavy (non-hydrogen) atoms. The Morgan fingerprint density at radius 2 is 1.37 bits per heavy atom. The Kier molecular flexibility index (Phi) is 4.66. The van der Waals surface area contributed by atoms with E-state index in [9.17, 15) is 0 Å². The van der Waals surface area contributed by atoms with Crippen LogP contribution in [0.2, 0.25) is 0 Å². The molecule has 0 aliphatic carbocycles. The van der Waals surface area contributed by atoms with Crippen LogP contribution in [0.4, 0.5) is 0 Å². The van der Waals surface area contributed by atoms with Gasteiger partial charge in [0.25, 0.3) is 0 Å². The zero-order valence-electron chi connectivity index (χ0n) is 19.3. The van der Waals surface area contributed by atoms with Crippen molar-refractivity contribution in [3.63, 3.8) is 0 Å². The van der Waals surface area contributed by atoms with Crippen molar-refractivity contribution in [2.75, 3.05) is 0 Å². The summed E-state index contributed by atoms with van der Waals surface area (Å²) in [6.07, 6.45) is 6.30. The van der Waals surface area contributed by atoms with Gasteiger partial charge in [-0.15, -0.1) is 22.7 Å². The number of hydrogen-bond acceptors (Lipinski definition) is 2. The van der Waals surface area contributed by atoms with Crippen LogP contribution in [-0.2, 0) is 0 Å². The fourth-order valence-corrected chi connectivity index (χ4v) is 7.86. The van der Waals surface area contributed by atoms with Gasteiger partial charge in [-0.05, 0) is 51.9 Å². The average Bonchev–Trinajstić information content (AvgIpc) is 3.47. The smallest absolute Gasteiger partial charge is 0.0440 e. The average molecular weight is 483 g/mol. The van der Waals surface area contributed by atoms with E-state index in [2.05, 4.69) is 111 Å². The van der Waals surface area contributed by atoms with Crippen LogP contribution >= 0.6 is 22.7 Å². The van der Waals surface area contributed by atoms with Crippen LogP contribution in [0.1, 0.15) is 17.4 Å². The highest BCUT2D eigenvalue weighted by Gasteiger charge is 2.17. The summed E-state index contributed by atoms with van der Waals surface area (Å²) in [5, 5.41) is 9.35. The zero-order valence-corrected chi connectivity index (χ0v) is 21.0. The number of benzene rings is 5. The summed E-state index contributed by atoms with van der Waals surface area (Å²) in [5.41, 5.74) is 3.84. The van der Waals surface area contributed by atoms with Crippen LogP contribution in [-0.4, -0.2) is 0 Å². The first-order valence-electron chi connectivity index (χ1n) is 11.8. The number of thiophene rings is 2. The normalized spacial score (nSPS) is 12.1. The minimum Gasteiger partial charge on any atom is -0.135 e. The first-order chi connectivity index (χ1) is 17.3. The molecular weight excluding hydrogens is 460 g/mol. The van der Waals surface area contributed by atoms with E-state index in [1.165, 1.54) is 73.4 Å². The second-order valence-corrected chi connectivity index (χ2v) is 11.0. The Morgan fingerprint density at radius 3 is 2.14 bits per heavy atom. The van der Waals surface area contributed by atoms with Gasteiger partial charge in [-0.1, -0.05) is 97.6 Å². The van der Waals surface area contributed by atoms with Crippen molar-refractivity contribution in [1.29, 1.82) is 0 Å². The van der Waals surface area contributed by atoms with Gasteiger partial charge in [0.15, 0.2) is 0 Å². The molecule has 0 amide bonds. The molecule has 0 unspecified atom stereocenters. The highest BCUT2D eigenvalue weighted by atomic mass is 32.1. The molecule has 7 aromatic rings. The Balaban J connectivity index is 1.59. The molecule has 7 rings (SSSR count). The summed E-state index contributed by atoms with van der Waals surface area (Å²) in [4.78, 5) is 1.23. The van der Waals surface area contributed by atoms with Gasteiger partial charge in [-0.2, -0.15) is 0 Å². The van der Waals surface area contributed by atoms with Crippen molar-refractivity contribution in [2.45, 2.75) is 6.92 Å². The summed E-state index contributed by atoms with van der Waals surface area (Å²) in [7, 11) is 0. The molecule has 0 aliphatic heterocycles. The fourth-order valence-electron chi connectivity index (χ4n) is 5.45. The molecule has 0 aliphatic rings. The highest BCUT2D eigenvalue weighted by molar-refractivity contribution is 7.27. The van der Waals surface area contributed by atoms with E-state index in [4.69, 9.17) is 0 Å². The van der Waals surface area contributed by atoms with Gasteiger partial charge in [0.2, 0.25) is 0 Å². The largest absolute Gasteiger partial charge is 0.135 e. The van der Waals surface area contributed by atoms with Gasteiger partial charge in [0.05, 0.1) is 0 Å². The molecule has 0 saturated heterocycles. The van der Waals surface area contributed by atoms with Crippen molar-refractivity contribution in [3.8, 4) is 11.1 Å². The van der Waals surface area contributed by atoms with E-state index in [1.54, 1.807) is 0 Å². The van der Waals surface area contributed by atoms with E-state index in [1.807, 2.05) is 28.7 Å². The van der Waals surface area contributed by atoms with Crippen LogP contribution in [0, 0.1) is 0 Å². The number of fused-ring (bicyclic) bond motifs is 9. The lowest BCUT2D eigenvalue weighted by molar-refractivity contribution is 1.72. The zero-order chi connectivity index (χ0) is 23.5. The van der Waals surface area contributed by atoms with Gasteiger partial charge in [0.1, 0.15) is 0 Å². The highest BCUT2D eigenvalue weighted by Crippen LogP contribution is 2.47. The molecule has 0 fully saturated rings. The van der Waals surface area contributed by atoms with Crippen molar-refractivity contribution in [3.05, 3.63) is 108 Å². The molecule has 0 spiro atoms. The molecule has 2 heterocycles. The second kappa shape index (κ2) is 7.91. The van der Waals surface area contributed by atoms with Gasteiger partial charge in [-0.3, -0.25) is 0 Å². The maximum atomic E-state index is 4.04. The lowest BCUT2D eigenvalue weighted by Crippen LogP contribution is -1.81. The van der Waals surface area contributed by atoms with Crippen molar-refractivity contribution < 1.29 is 0 Å². The van der Waals surface area contributed by atoms with Gasteiger partial charge in [-0.25, -0.2) is 0 Å². The third-order valence-corrected chi connectivity index (χ3v) is 9.41. The summed E-state index contributed by atoms with van der Waals surface area (Å²) >= 11 is 3.74. The standard InChI is InChI=1S/C33H22S2/c1-3-10-24-28-19-20(17-18-30(28)34-29(24)4-2)21-15-9-16-27-31-25-13-7-5-11-22(25)23-12-6-8-14-26(23)33(31)35-32(21)27/h3-19H,2H2,1H3/b10-3-. The second-order valence-electron chi connectivity index (χ2n) is 8.87. The number of hydrogen-bond donors (Lipinski definition) is 0. The molecular formula is C33H22S2. The fraction of sp³-hybridized carbons (Fsp3) is 0.0303. The molecule has 0 radical (unpaired) electrons. The minimum absolute atomic E-state index is 1.23. The first kappa shape index (κ1) is 20.6. The van der Waals surface area contributed by atoms with E-state index in [0.717, 1.165) is 0 Å². The summed E-state index contributed by atoms with van der Waals surface area (Å²) in [6, 6.07) is 31.4. The molecule has 2 aromatic heterocycles. The van der Waals surface area contributed by atoms with E-state index < -0.39 is 0 Å². The predicted molar refractivity (Wildman–Crippen MR) is 160 cm³/mol. The molecule has 2 heteroatoms. The van der Waals surface area contributed by atoms with Crippen molar-refractivity contribution >= 4 is 86.6 Å². The van der Waals surface area contributed by atoms with Gasteiger partial charge < -0.3 is 0 Å². The SMILES string of the molecule is C=Cc1sc2ccc(-c3cccc4c3sc3c5ccccc5c5ccccc5c43)cc2c1/C=C\C. The maximum absolute atomic E-state index is 4.04. The molecule has 0 atom stereocenters. The number of allylic oxidation sites excluding steroid dienone is 1. The van der Waals surface area contributed by atoms with Crippen molar-refractivity contribution in [2.24, 2.45) is 0 Å².